The van der Waals surface area contributed by atoms with Gasteiger partial charge in [0.05, 0.1) is 0 Å². The maximum Gasteiger partial charge on any atom is 1.00 e. The molecule has 0 radical (unpaired) electrons. The zero-order valence-corrected chi connectivity index (χ0v) is 7.59. The second-order valence-corrected chi connectivity index (χ2v) is 3.60. The fourth-order valence-electron chi connectivity index (χ4n) is 1.09. The lowest BCUT2D eigenvalue weighted by atomic mass is 9.82. The number of hydrogen-bond acceptors (Lipinski definition) is 0. The van der Waals surface area contributed by atoms with Gasteiger partial charge in [0.1, 0.15) is 0 Å². The van der Waals surface area contributed by atoms with Crippen LogP contribution in [-0.2, 0) is 5.41 Å². The molecule has 0 saturated heterocycles. The molecular weight excluding hydrogens is 132 g/mol. The van der Waals surface area contributed by atoms with Gasteiger partial charge in [-0.05, 0) is 17.4 Å². The Morgan fingerprint density at radius 2 is 1.73 bits per heavy atom. The highest BCUT2D eigenvalue weighted by atomic mass is 14.2. The van der Waals surface area contributed by atoms with Crippen molar-refractivity contribution in [3.8, 4) is 0 Å². The molecule has 0 amide bonds. The van der Waals surface area contributed by atoms with E-state index in [2.05, 4.69) is 51.1 Å². The predicted molar refractivity (Wildman–Crippen MR) is 50.9 cm³/mol. The molecule has 11 heavy (non-hydrogen) atoms. The third-order valence-electron chi connectivity index (χ3n) is 2.44. The van der Waals surface area contributed by atoms with Crippen molar-refractivity contribution in [2.24, 2.45) is 0 Å². The number of benzene rings is 1. The van der Waals surface area contributed by atoms with Crippen LogP contribution in [0.5, 0.6) is 0 Å². The van der Waals surface area contributed by atoms with Crippen molar-refractivity contribution in [2.75, 3.05) is 0 Å². The average Bonchev–Trinajstić information content (AvgIpc) is 2.06. The fraction of sp³-hybridized carbons (Fsp3) is 0.455. The lowest BCUT2D eigenvalue weighted by Gasteiger charge is -2.22. The van der Waals surface area contributed by atoms with Crippen LogP contribution in [0.3, 0.4) is 0 Å². The van der Waals surface area contributed by atoms with E-state index in [0.29, 0.717) is 5.41 Å². The molecule has 0 aliphatic heterocycles. The second kappa shape index (κ2) is 3.08. The van der Waals surface area contributed by atoms with Crippen molar-refractivity contribution >= 4 is 0 Å². The van der Waals surface area contributed by atoms with Crippen LogP contribution in [0.25, 0.3) is 0 Å². The topological polar surface area (TPSA) is 0 Å². The summed E-state index contributed by atoms with van der Waals surface area (Å²) >= 11 is 0. The molecule has 0 spiro atoms. The van der Waals surface area contributed by atoms with Gasteiger partial charge in [-0.25, -0.2) is 0 Å². The first-order valence-electron chi connectivity index (χ1n) is 4.22. The smallest absolute Gasteiger partial charge is 0.0646 e. The van der Waals surface area contributed by atoms with Crippen molar-refractivity contribution in [2.45, 2.75) is 32.6 Å². The number of rotatable bonds is 2. The Hall–Kier alpha value is -0.780. The molecule has 0 nitrogen and oxygen atoms in total. The van der Waals surface area contributed by atoms with Gasteiger partial charge in [0.25, 0.3) is 0 Å². The van der Waals surface area contributed by atoms with E-state index >= 15 is 0 Å². The zero-order chi connectivity index (χ0) is 8.32. The Morgan fingerprint density at radius 3 is 2.18 bits per heavy atom. The summed E-state index contributed by atoms with van der Waals surface area (Å²) in [6.07, 6.45) is 1.19. The summed E-state index contributed by atoms with van der Waals surface area (Å²) in [5.74, 6) is 0. The van der Waals surface area contributed by atoms with Crippen LogP contribution in [-0.4, -0.2) is 0 Å². The summed E-state index contributed by atoms with van der Waals surface area (Å²) in [5.41, 5.74) is 1.77. The van der Waals surface area contributed by atoms with E-state index in [1.54, 1.807) is 0 Å². The molecule has 0 unspecified atom stereocenters. The summed E-state index contributed by atoms with van der Waals surface area (Å²) in [6, 6.07) is 10.7. The minimum absolute atomic E-state index is 0. The summed E-state index contributed by atoms with van der Waals surface area (Å²) in [4.78, 5) is 0. The molecule has 60 valence electrons. The second-order valence-electron chi connectivity index (χ2n) is 3.60. The van der Waals surface area contributed by atoms with Gasteiger partial charge in [0.2, 0.25) is 0 Å². The molecule has 0 N–H and O–H groups in total. The summed E-state index contributed by atoms with van der Waals surface area (Å²) < 4.78 is 0. The van der Waals surface area contributed by atoms with Crippen LogP contribution in [0.2, 0.25) is 0 Å². The molecule has 0 bridgehead atoms. The van der Waals surface area contributed by atoms with Gasteiger partial charge in [-0.3, -0.25) is 0 Å². The van der Waals surface area contributed by atoms with Gasteiger partial charge in [-0.15, -0.1) is 0 Å². The van der Waals surface area contributed by atoms with Crippen LogP contribution in [0.4, 0.5) is 0 Å². The molecule has 0 heteroatoms. The molecule has 0 aliphatic carbocycles. The van der Waals surface area contributed by atoms with E-state index in [-0.39, 0.29) is 1.43 Å². The van der Waals surface area contributed by atoms with Crippen LogP contribution < -0.4 is 0 Å². The van der Waals surface area contributed by atoms with Crippen LogP contribution in [0.1, 0.15) is 34.2 Å². The lowest BCUT2D eigenvalue weighted by molar-refractivity contribution is 0.506. The highest BCUT2D eigenvalue weighted by molar-refractivity contribution is 5.22. The largest absolute Gasteiger partial charge is 1.00 e. The first-order chi connectivity index (χ1) is 5.17. The van der Waals surface area contributed by atoms with Crippen molar-refractivity contribution < 1.29 is 1.43 Å². The van der Waals surface area contributed by atoms with Gasteiger partial charge in [-0.2, -0.15) is 0 Å². The first-order valence-corrected chi connectivity index (χ1v) is 4.22. The van der Waals surface area contributed by atoms with Crippen LogP contribution in [0, 0.1) is 0 Å². The third kappa shape index (κ3) is 1.83. The molecular formula is C11H17+. The Bertz CT molecular complexity index is 214. The minimum atomic E-state index is 0. The predicted octanol–water partition coefficient (Wildman–Crippen LogP) is 3.49. The highest BCUT2D eigenvalue weighted by Crippen LogP contribution is 2.25. The molecule has 0 heterocycles. The third-order valence-corrected chi connectivity index (χ3v) is 2.44. The van der Waals surface area contributed by atoms with Crippen molar-refractivity contribution in [3.05, 3.63) is 35.9 Å². The Balaban J connectivity index is 0.00000121. The van der Waals surface area contributed by atoms with Crippen molar-refractivity contribution in [3.63, 3.8) is 0 Å². The first kappa shape index (κ1) is 8.32. The van der Waals surface area contributed by atoms with Crippen LogP contribution >= 0.6 is 0 Å². The quantitative estimate of drug-likeness (QED) is 0.604. The highest BCUT2D eigenvalue weighted by Gasteiger charge is 2.16. The van der Waals surface area contributed by atoms with Crippen LogP contribution in [0.15, 0.2) is 30.3 Å². The van der Waals surface area contributed by atoms with Gasteiger partial charge < -0.3 is 0 Å². The summed E-state index contributed by atoms with van der Waals surface area (Å²) in [5, 5.41) is 0. The fourth-order valence-corrected chi connectivity index (χ4v) is 1.09. The normalized spacial score (nSPS) is 11.5. The maximum atomic E-state index is 2.28. The summed E-state index contributed by atoms with van der Waals surface area (Å²) in [7, 11) is 0. The van der Waals surface area contributed by atoms with Crippen molar-refractivity contribution in [1.29, 1.82) is 0 Å². The standard InChI is InChI=1S/C11H16/c1-4-11(2,3)10-8-6-5-7-9-10/h5-9H,4H2,1-3H3/p+1. The van der Waals surface area contributed by atoms with E-state index in [9.17, 15) is 0 Å². The van der Waals surface area contributed by atoms with E-state index in [4.69, 9.17) is 0 Å². The molecule has 0 aliphatic rings. The monoisotopic (exact) mass is 149 g/mol. The van der Waals surface area contributed by atoms with E-state index in [0.717, 1.165) is 0 Å². The van der Waals surface area contributed by atoms with Gasteiger partial charge in [-0.1, -0.05) is 51.1 Å². The Labute approximate surface area is 70.7 Å². The molecule has 0 saturated carbocycles. The molecule has 1 aromatic carbocycles. The SMILES string of the molecule is CCC(C)(C)c1ccccc1.[H+]. The molecule has 1 rings (SSSR count). The number of hydrogen-bond donors (Lipinski definition) is 0. The maximum absolute atomic E-state index is 2.28. The van der Waals surface area contributed by atoms with Gasteiger partial charge in [0, 0.05) is 0 Å². The molecule has 1 aromatic rings. The van der Waals surface area contributed by atoms with Crippen molar-refractivity contribution in [1.82, 2.24) is 0 Å². The van der Waals surface area contributed by atoms with Gasteiger partial charge in [0.15, 0.2) is 0 Å². The molecule has 0 fully saturated rings. The minimum Gasteiger partial charge on any atom is -0.0646 e. The Morgan fingerprint density at radius 1 is 1.18 bits per heavy atom. The van der Waals surface area contributed by atoms with Gasteiger partial charge >= 0.3 is 1.43 Å². The molecule has 0 atom stereocenters. The van der Waals surface area contributed by atoms with E-state index in [1.165, 1.54) is 12.0 Å². The lowest BCUT2D eigenvalue weighted by Crippen LogP contribution is -2.14. The average molecular weight is 149 g/mol. The Kier molecular flexibility index (Phi) is 2.33. The zero-order valence-electron chi connectivity index (χ0n) is 8.59. The van der Waals surface area contributed by atoms with E-state index < -0.39 is 0 Å². The molecule has 0 aromatic heterocycles. The summed E-state index contributed by atoms with van der Waals surface area (Å²) in [6.45, 7) is 6.79. The van der Waals surface area contributed by atoms with E-state index in [1.807, 2.05) is 0 Å².